The van der Waals surface area contributed by atoms with Gasteiger partial charge in [-0.25, -0.2) is 9.37 Å². The van der Waals surface area contributed by atoms with Gasteiger partial charge in [0.15, 0.2) is 0 Å². The summed E-state index contributed by atoms with van der Waals surface area (Å²) in [5.41, 5.74) is 3.32. The molecule has 6 heteroatoms. The Hall–Kier alpha value is -3.80. The second kappa shape index (κ2) is 10.00. The van der Waals surface area contributed by atoms with Crippen LogP contribution < -0.4 is 0 Å². The minimum atomic E-state index is -0.265. The third kappa shape index (κ3) is 5.06. The molecule has 0 spiro atoms. The van der Waals surface area contributed by atoms with Crippen LogP contribution in [0.25, 0.3) is 0 Å². The molecular formula is C28H26FN3O2. The lowest BCUT2D eigenvalue weighted by molar-refractivity contribution is 0.0569. The summed E-state index contributed by atoms with van der Waals surface area (Å²) >= 11 is 0. The normalized spacial score (nSPS) is 15.9. The van der Waals surface area contributed by atoms with Crippen LogP contribution in [0.1, 0.15) is 64.1 Å². The standard InChI is InChI=1S/C28H26FN3O2/c29-23-10-6-9-21(15-23)16-24-13-12-22(18-30-24)28(33)32-14-5-4-11-26(32)27-31-19-25(34-27)17-20-7-2-1-3-8-20/h1-3,6-10,12-13,15,18-19,26H,4-5,11,14,16-17H2. The molecule has 2 aromatic heterocycles. The summed E-state index contributed by atoms with van der Waals surface area (Å²) in [6.07, 6.45) is 7.36. The first kappa shape index (κ1) is 22.0. The molecule has 3 heterocycles. The number of halogens is 1. The lowest BCUT2D eigenvalue weighted by Gasteiger charge is -2.33. The summed E-state index contributed by atoms with van der Waals surface area (Å²) in [6.45, 7) is 0.658. The summed E-state index contributed by atoms with van der Waals surface area (Å²) in [5.74, 6) is 1.05. The van der Waals surface area contributed by atoms with E-state index in [0.717, 1.165) is 41.8 Å². The highest BCUT2D eigenvalue weighted by atomic mass is 19.1. The minimum Gasteiger partial charge on any atom is -0.443 e. The van der Waals surface area contributed by atoms with Crippen molar-refractivity contribution in [3.05, 3.63) is 119 Å². The summed E-state index contributed by atoms with van der Waals surface area (Å²) < 4.78 is 19.5. The second-order valence-corrected chi connectivity index (χ2v) is 8.68. The van der Waals surface area contributed by atoms with E-state index in [4.69, 9.17) is 4.42 Å². The van der Waals surface area contributed by atoms with Crippen LogP contribution in [0, 0.1) is 5.82 Å². The van der Waals surface area contributed by atoms with Gasteiger partial charge in [-0.05, 0) is 54.7 Å². The van der Waals surface area contributed by atoms with Gasteiger partial charge in [-0.15, -0.1) is 0 Å². The molecule has 1 unspecified atom stereocenters. The Balaban J connectivity index is 1.29. The number of pyridine rings is 1. The Kier molecular flexibility index (Phi) is 6.47. The molecule has 0 bridgehead atoms. The molecule has 1 aliphatic rings. The molecule has 0 radical (unpaired) electrons. The number of likely N-dealkylation sites (tertiary alicyclic amines) is 1. The predicted octanol–water partition coefficient (Wildman–Crippen LogP) is 5.76. The maximum Gasteiger partial charge on any atom is 0.256 e. The molecule has 172 valence electrons. The fourth-order valence-corrected chi connectivity index (χ4v) is 4.46. The van der Waals surface area contributed by atoms with Crippen LogP contribution in [0.15, 0.2) is 83.5 Å². The van der Waals surface area contributed by atoms with Gasteiger partial charge >= 0.3 is 0 Å². The maximum atomic E-state index is 13.4. The van der Waals surface area contributed by atoms with Gasteiger partial charge in [0.05, 0.1) is 11.8 Å². The molecule has 1 aliphatic heterocycles. The van der Waals surface area contributed by atoms with Crippen LogP contribution in [0.5, 0.6) is 0 Å². The molecule has 0 saturated carbocycles. The number of hydrogen-bond donors (Lipinski definition) is 0. The highest BCUT2D eigenvalue weighted by Gasteiger charge is 2.32. The number of aromatic nitrogens is 2. The molecular weight excluding hydrogens is 429 g/mol. The van der Waals surface area contributed by atoms with Crippen molar-refractivity contribution in [2.75, 3.05) is 6.54 Å². The number of carbonyl (C=O) groups is 1. The Labute approximate surface area is 198 Å². The Morgan fingerprint density at radius 1 is 0.941 bits per heavy atom. The first-order chi connectivity index (χ1) is 16.7. The van der Waals surface area contributed by atoms with Crippen molar-refractivity contribution in [3.8, 4) is 0 Å². The smallest absolute Gasteiger partial charge is 0.256 e. The Morgan fingerprint density at radius 3 is 2.59 bits per heavy atom. The lowest BCUT2D eigenvalue weighted by atomic mass is 10.0. The highest BCUT2D eigenvalue weighted by molar-refractivity contribution is 5.94. The van der Waals surface area contributed by atoms with Gasteiger partial charge in [0, 0.05) is 31.3 Å². The van der Waals surface area contributed by atoms with E-state index in [1.165, 1.54) is 12.1 Å². The maximum absolute atomic E-state index is 13.4. The Bertz CT molecular complexity index is 1250. The number of carbonyl (C=O) groups excluding carboxylic acids is 1. The number of rotatable bonds is 6. The number of hydrogen-bond acceptors (Lipinski definition) is 4. The van der Waals surface area contributed by atoms with E-state index >= 15 is 0 Å². The van der Waals surface area contributed by atoms with Gasteiger partial charge in [0.1, 0.15) is 17.6 Å². The monoisotopic (exact) mass is 455 g/mol. The van der Waals surface area contributed by atoms with E-state index in [1.54, 1.807) is 24.5 Å². The molecule has 1 amide bonds. The van der Waals surface area contributed by atoms with Crippen molar-refractivity contribution < 1.29 is 13.6 Å². The van der Waals surface area contributed by atoms with Crippen LogP contribution >= 0.6 is 0 Å². The zero-order chi connectivity index (χ0) is 23.3. The van der Waals surface area contributed by atoms with Crippen LogP contribution in [0.2, 0.25) is 0 Å². The number of amides is 1. The van der Waals surface area contributed by atoms with E-state index in [-0.39, 0.29) is 17.8 Å². The SMILES string of the molecule is O=C(c1ccc(Cc2cccc(F)c2)nc1)N1CCCCC1c1ncc(Cc2ccccc2)o1. The van der Waals surface area contributed by atoms with Crippen molar-refractivity contribution >= 4 is 5.91 Å². The predicted molar refractivity (Wildman–Crippen MR) is 127 cm³/mol. The lowest BCUT2D eigenvalue weighted by Crippen LogP contribution is -2.38. The second-order valence-electron chi connectivity index (χ2n) is 8.68. The number of nitrogens with zero attached hydrogens (tertiary/aromatic N) is 3. The zero-order valence-electron chi connectivity index (χ0n) is 18.9. The third-order valence-corrected chi connectivity index (χ3v) is 6.19. The largest absolute Gasteiger partial charge is 0.443 e. The first-order valence-corrected chi connectivity index (χ1v) is 11.6. The van der Waals surface area contributed by atoms with Gasteiger partial charge in [0.2, 0.25) is 5.89 Å². The van der Waals surface area contributed by atoms with Gasteiger partial charge in [0.25, 0.3) is 5.91 Å². The summed E-state index contributed by atoms with van der Waals surface area (Å²) in [4.78, 5) is 24.2. The number of oxazole rings is 1. The van der Waals surface area contributed by atoms with E-state index in [1.807, 2.05) is 35.2 Å². The first-order valence-electron chi connectivity index (χ1n) is 11.6. The van der Waals surface area contributed by atoms with Crippen molar-refractivity contribution in [3.63, 3.8) is 0 Å². The van der Waals surface area contributed by atoms with Gasteiger partial charge < -0.3 is 9.32 Å². The van der Waals surface area contributed by atoms with Gasteiger partial charge in [-0.1, -0.05) is 42.5 Å². The minimum absolute atomic E-state index is 0.0719. The molecule has 4 aromatic rings. The van der Waals surface area contributed by atoms with Crippen molar-refractivity contribution in [2.24, 2.45) is 0 Å². The van der Waals surface area contributed by atoms with Crippen LogP contribution in [-0.4, -0.2) is 27.3 Å². The number of benzene rings is 2. The summed E-state index contributed by atoms with van der Waals surface area (Å²) in [5, 5.41) is 0. The summed E-state index contributed by atoms with van der Waals surface area (Å²) in [6, 6.07) is 20.0. The number of piperidine rings is 1. The van der Waals surface area contributed by atoms with Gasteiger partial charge in [-0.3, -0.25) is 9.78 Å². The van der Waals surface area contributed by atoms with Crippen molar-refractivity contribution in [1.82, 2.24) is 14.9 Å². The zero-order valence-corrected chi connectivity index (χ0v) is 18.9. The molecule has 34 heavy (non-hydrogen) atoms. The fraction of sp³-hybridized carbons (Fsp3) is 0.250. The molecule has 0 aliphatic carbocycles. The van der Waals surface area contributed by atoms with Crippen LogP contribution in [-0.2, 0) is 12.8 Å². The molecule has 1 atom stereocenters. The fourth-order valence-electron chi connectivity index (χ4n) is 4.46. The van der Waals surface area contributed by atoms with Gasteiger partial charge in [-0.2, -0.15) is 0 Å². The molecule has 5 rings (SSSR count). The van der Waals surface area contributed by atoms with E-state index in [0.29, 0.717) is 30.8 Å². The Morgan fingerprint density at radius 2 is 1.79 bits per heavy atom. The van der Waals surface area contributed by atoms with Crippen molar-refractivity contribution in [1.29, 1.82) is 0 Å². The molecule has 1 fully saturated rings. The van der Waals surface area contributed by atoms with E-state index in [2.05, 4.69) is 22.1 Å². The van der Waals surface area contributed by atoms with Crippen LogP contribution in [0.4, 0.5) is 4.39 Å². The summed E-state index contributed by atoms with van der Waals surface area (Å²) in [7, 11) is 0. The highest BCUT2D eigenvalue weighted by Crippen LogP contribution is 2.32. The average Bonchev–Trinajstić information content (AvgIpc) is 3.33. The molecule has 1 saturated heterocycles. The van der Waals surface area contributed by atoms with Crippen molar-refractivity contribution in [2.45, 2.75) is 38.1 Å². The quantitative estimate of drug-likeness (QED) is 0.371. The molecule has 0 N–H and O–H groups in total. The van der Waals surface area contributed by atoms with E-state index < -0.39 is 0 Å². The van der Waals surface area contributed by atoms with Crippen LogP contribution in [0.3, 0.4) is 0 Å². The van der Waals surface area contributed by atoms with E-state index in [9.17, 15) is 9.18 Å². The molecule has 5 nitrogen and oxygen atoms in total. The molecule has 2 aromatic carbocycles. The third-order valence-electron chi connectivity index (χ3n) is 6.19. The topological polar surface area (TPSA) is 59.2 Å². The average molecular weight is 456 g/mol.